The Morgan fingerprint density at radius 3 is 2.31 bits per heavy atom. The molecule has 0 aromatic heterocycles. The predicted octanol–water partition coefficient (Wildman–Crippen LogP) is 3.82. The highest BCUT2D eigenvalue weighted by molar-refractivity contribution is 14.1. The molecule has 8 heteroatoms. The molecule has 0 spiro atoms. The molecule has 0 aliphatic rings. The Morgan fingerprint density at radius 1 is 1.04 bits per heavy atom. The Balaban J connectivity index is 1.83. The zero-order chi connectivity index (χ0) is 19.1. The number of anilines is 2. The van der Waals surface area contributed by atoms with E-state index in [1.54, 1.807) is 55.5 Å². The molecule has 6 nitrogen and oxygen atoms in total. The van der Waals surface area contributed by atoms with Crippen LogP contribution in [0, 0.1) is 0 Å². The van der Waals surface area contributed by atoms with Gasteiger partial charge in [-0.05, 0) is 43.3 Å². The maximum absolute atomic E-state index is 12.1. The van der Waals surface area contributed by atoms with Gasteiger partial charge in [0, 0.05) is 24.0 Å². The van der Waals surface area contributed by atoms with Crippen molar-refractivity contribution in [2.24, 2.45) is 0 Å². The first-order valence-corrected chi connectivity index (χ1v) is 10.3. The summed E-state index contributed by atoms with van der Waals surface area (Å²) < 4.78 is 9.92. The minimum absolute atomic E-state index is 0.212. The lowest BCUT2D eigenvalue weighted by atomic mass is 10.3. The molecule has 0 heterocycles. The molecule has 3 N–H and O–H groups in total. The first-order valence-electron chi connectivity index (χ1n) is 7.76. The second kappa shape index (κ2) is 9.95. The van der Waals surface area contributed by atoms with Gasteiger partial charge in [-0.15, -0.1) is 0 Å². The van der Waals surface area contributed by atoms with Crippen molar-refractivity contribution in [3.8, 4) is 11.5 Å². The molecule has 0 amide bonds. The van der Waals surface area contributed by atoms with E-state index in [0.29, 0.717) is 23.7 Å². The summed E-state index contributed by atoms with van der Waals surface area (Å²) in [7, 11) is 0. The van der Waals surface area contributed by atoms with E-state index in [0.717, 1.165) is 5.69 Å². The third kappa shape index (κ3) is 6.63. The Labute approximate surface area is 179 Å². The summed E-state index contributed by atoms with van der Waals surface area (Å²) in [6.45, 7) is 2.16. The monoisotopic (exact) mass is 580 g/mol. The first kappa shape index (κ1) is 20.7. The average molecular weight is 580 g/mol. The van der Waals surface area contributed by atoms with Crippen LogP contribution in [0.2, 0.25) is 0 Å². The molecule has 138 valence electrons. The summed E-state index contributed by atoms with van der Waals surface area (Å²) in [5, 5.41) is 3.15. The molecule has 0 aliphatic heterocycles. The summed E-state index contributed by atoms with van der Waals surface area (Å²) >= 11 is 4.02. The van der Waals surface area contributed by atoms with Crippen LogP contribution in [-0.2, 0) is 9.59 Å². The van der Waals surface area contributed by atoms with Gasteiger partial charge < -0.3 is 20.5 Å². The van der Waals surface area contributed by atoms with Crippen molar-refractivity contribution < 1.29 is 19.1 Å². The largest absolute Gasteiger partial charge is 0.426 e. The summed E-state index contributed by atoms with van der Waals surface area (Å²) in [6.07, 6.45) is 0. The number of hydrogen-bond donors (Lipinski definition) is 2. The molecule has 0 radical (unpaired) electrons. The number of hydrogen-bond acceptors (Lipinski definition) is 6. The Bertz CT molecular complexity index is 766. The minimum Gasteiger partial charge on any atom is -0.426 e. The van der Waals surface area contributed by atoms with Crippen LogP contribution in [0.25, 0.3) is 0 Å². The highest BCUT2D eigenvalue weighted by Crippen LogP contribution is 2.19. The van der Waals surface area contributed by atoms with Gasteiger partial charge in [0.25, 0.3) is 0 Å². The zero-order valence-electron chi connectivity index (χ0n) is 13.9. The van der Waals surface area contributed by atoms with Gasteiger partial charge in [0.1, 0.15) is 19.3 Å². The standard InChI is InChI=1S/C18H18I2N2O4/c1-11(19)17(23)25-14-7-5-13(6-8-14)22-10-16(20)18(24)26-15-4-2-3-12(21)9-15/h2-9,11,16,22H,10,21H2,1H3. The van der Waals surface area contributed by atoms with Crippen LogP contribution in [0.1, 0.15) is 6.92 Å². The molecule has 0 bridgehead atoms. The Morgan fingerprint density at radius 2 is 1.69 bits per heavy atom. The molecule has 0 aliphatic carbocycles. The van der Waals surface area contributed by atoms with Gasteiger partial charge in [-0.3, -0.25) is 9.59 Å². The molecule has 2 rings (SSSR count). The number of benzene rings is 2. The number of ether oxygens (including phenoxy) is 2. The molecule has 0 saturated heterocycles. The van der Waals surface area contributed by atoms with E-state index in [1.165, 1.54) is 0 Å². The van der Waals surface area contributed by atoms with Gasteiger partial charge in [-0.1, -0.05) is 51.2 Å². The summed E-state index contributed by atoms with van der Waals surface area (Å²) in [5.74, 6) is 0.261. The fourth-order valence-corrected chi connectivity index (χ4v) is 2.36. The number of carbonyl (C=O) groups is 2. The fourth-order valence-electron chi connectivity index (χ4n) is 1.89. The second-order valence-electron chi connectivity index (χ2n) is 5.40. The molecular weight excluding hydrogens is 562 g/mol. The first-order chi connectivity index (χ1) is 12.3. The van der Waals surface area contributed by atoms with Gasteiger partial charge in [-0.25, -0.2) is 0 Å². The van der Waals surface area contributed by atoms with Crippen LogP contribution in [0.4, 0.5) is 11.4 Å². The average Bonchev–Trinajstić information content (AvgIpc) is 2.60. The Hall–Kier alpha value is -1.56. The van der Waals surface area contributed by atoms with Crippen molar-refractivity contribution in [3.05, 3.63) is 48.5 Å². The highest BCUT2D eigenvalue weighted by Gasteiger charge is 2.17. The van der Waals surface area contributed by atoms with Crippen LogP contribution < -0.4 is 20.5 Å². The van der Waals surface area contributed by atoms with Crippen molar-refractivity contribution in [1.82, 2.24) is 0 Å². The van der Waals surface area contributed by atoms with E-state index in [4.69, 9.17) is 15.2 Å². The number of esters is 2. The molecule has 2 aromatic rings. The SMILES string of the molecule is CC(I)C(=O)Oc1ccc(NCC(I)C(=O)Oc2cccc(N)c2)cc1. The van der Waals surface area contributed by atoms with Crippen molar-refractivity contribution in [2.45, 2.75) is 14.8 Å². The van der Waals surface area contributed by atoms with E-state index in [2.05, 4.69) is 5.32 Å². The summed E-state index contributed by atoms with van der Waals surface area (Å²) in [4.78, 5) is 23.7. The lowest BCUT2D eigenvalue weighted by molar-refractivity contribution is -0.134. The van der Waals surface area contributed by atoms with Gasteiger partial charge in [-0.2, -0.15) is 0 Å². The van der Waals surface area contributed by atoms with Gasteiger partial charge in [0.05, 0.1) is 0 Å². The topological polar surface area (TPSA) is 90.6 Å². The number of nitrogens with one attached hydrogen (secondary N) is 1. The number of rotatable bonds is 7. The van der Waals surface area contributed by atoms with E-state index in [9.17, 15) is 9.59 Å². The molecule has 2 unspecified atom stereocenters. The summed E-state index contributed by atoms with van der Waals surface area (Å²) in [6, 6.07) is 13.7. The minimum atomic E-state index is -0.383. The van der Waals surface area contributed by atoms with Gasteiger partial charge in [0.15, 0.2) is 0 Å². The van der Waals surface area contributed by atoms with E-state index >= 15 is 0 Å². The quantitative estimate of drug-likeness (QED) is 0.170. The smallest absolute Gasteiger partial charge is 0.326 e. The maximum Gasteiger partial charge on any atom is 0.326 e. The third-order valence-corrected chi connectivity index (χ3v) is 4.67. The van der Waals surface area contributed by atoms with E-state index in [1.807, 2.05) is 45.2 Å². The van der Waals surface area contributed by atoms with E-state index < -0.39 is 0 Å². The summed E-state index contributed by atoms with van der Waals surface area (Å²) in [5.41, 5.74) is 7.02. The number of nitrogens with two attached hydrogens (primary N) is 1. The van der Waals surface area contributed by atoms with Crippen LogP contribution in [0.5, 0.6) is 11.5 Å². The van der Waals surface area contributed by atoms with Crippen LogP contribution >= 0.6 is 45.2 Å². The van der Waals surface area contributed by atoms with Gasteiger partial charge >= 0.3 is 11.9 Å². The second-order valence-corrected chi connectivity index (χ2v) is 8.78. The Kier molecular flexibility index (Phi) is 7.94. The van der Waals surface area contributed by atoms with E-state index in [-0.39, 0.29) is 19.8 Å². The van der Waals surface area contributed by atoms with Crippen molar-refractivity contribution in [2.75, 3.05) is 17.6 Å². The van der Waals surface area contributed by atoms with Crippen LogP contribution in [0.15, 0.2) is 48.5 Å². The molecule has 2 atom stereocenters. The predicted molar refractivity (Wildman–Crippen MR) is 118 cm³/mol. The van der Waals surface area contributed by atoms with Crippen LogP contribution in [-0.4, -0.2) is 26.3 Å². The highest BCUT2D eigenvalue weighted by atomic mass is 127. The molecule has 26 heavy (non-hydrogen) atoms. The maximum atomic E-state index is 12.1. The molecular formula is C18H18I2N2O4. The van der Waals surface area contributed by atoms with Crippen molar-refractivity contribution in [3.63, 3.8) is 0 Å². The normalized spacial score (nSPS) is 12.7. The molecule has 0 saturated carbocycles. The number of carbonyl (C=O) groups excluding carboxylic acids is 2. The molecule has 0 fully saturated rings. The zero-order valence-corrected chi connectivity index (χ0v) is 18.3. The van der Waals surface area contributed by atoms with Crippen molar-refractivity contribution >= 4 is 68.5 Å². The van der Waals surface area contributed by atoms with Gasteiger partial charge in [0.2, 0.25) is 0 Å². The third-order valence-electron chi connectivity index (χ3n) is 3.22. The fraction of sp³-hybridized carbons (Fsp3) is 0.222. The lowest BCUT2D eigenvalue weighted by Gasteiger charge is -2.13. The van der Waals surface area contributed by atoms with Crippen LogP contribution in [0.3, 0.4) is 0 Å². The number of alkyl halides is 2. The number of halogens is 2. The number of nitrogen functional groups attached to an aromatic ring is 1. The lowest BCUT2D eigenvalue weighted by Crippen LogP contribution is -2.27. The van der Waals surface area contributed by atoms with Crippen molar-refractivity contribution in [1.29, 1.82) is 0 Å². The molecule has 2 aromatic carbocycles.